The summed E-state index contributed by atoms with van der Waals surface area (Å²) in [5, 5.41) is 0. The minimum absolute atomic E-state index is 0.544. The predicted molar refractivity (Wildman–Crippen MR) is 74.8 cm³/mol. The molecule has 0 heterocycles. The number of rotatable bonds is 5. The van der Waals surface area contributed by atoms with E-state index < -0.39 is 0 Å². The Balaban J connectivity index is 2.17. The lowest BCUT2D eigenvalue weighted by Gasteiger charge is -2.25. The van der Waals surface area contributed by atoms with Crippen molar-refractivity contribution in [3.63, 3.8) is 0 Å². The molecule has 2 atom stereocenters. The van der Waals surface area contributed by atoms with E-state index >= 15 is 0 Å². The summed E-state index contributed by atoms with van der Waals surface area (Å²) in [5.41, 5.74) is 0. The molecule has 0 N–H and O–H groups in total. The van der Waals surface area contributed by atoms with Crippen LogP contribution in [0.15, 0.2) is 0 Å². The molecule has 1 saturated carbocycles. The number of hydrogen-bond donors (Lipinski definition) is 0. The van der Waals surface area contributed by atoms with Crippen LogP contribution in [0.3, 0.4) is 0 Å². The zero-order valence-electron chi connectivity index (χ0n) is 10.0. The van der Waals surface area contributed by atoms with Gasteiger partial charge in [-0.2, -0.15) is 0 Å². The van der Waals surface area contributed by atoms with E-state index in [1.807, 2.05) is 0 Å². The van der Waals surface area contributed by atoms with E-state index in [-0.39, 0.29) is 0 Å². The lowest BCUT2D eigenvalue weighted by atomic mass is 9.98. The Morgan fingerprint density at radius 3 is 2.53 bits per heavy atom. The van der Waals surface area contributed by atoms with Crippen LogP contribution in [0.25, 0.3) is 0 Å². The summed E-state index contributed by atoms with van der Waals surface area (Å²) in [6.07, 6.45) is 12.7. The minimum Gasteiger partial charge on any atom is -0.377 e. The van der Waals surface area contributed by atoms with Gasteiger partial charge in [-0.15, -0.1) is 0 Å². The van der Waals surface area contributed by atoms with Crippen LogP contribution in [0.5, 0.6) is 0 Å². The molecule has 0 spiro atoms. The van der Waals surface area contributed by atoms with Crippen molar-refractivity contribution >= 4 is 22.6 Å². The van der Waals surface area contributed by atoms with Crippen LogP contribution in [0, 0.1) is 0 Å². The Morgan fingerprint density at radius 2 is 1.80 bits per heavy atom. The lowest BCUT2D eigenvalue weighted by molar-refractivity contribution is 0.0406. The van der Waals surface area contributed by atoms with Gasteiger partial charge in [0.1, 0.15) is 0 Å². The highest BCUT2D eigenvalue weighted by Gasteiger charge is 2.20. The average molecular weight is 324 g/mol. The summed E-state index contributed by atoms with van der Waals surface area (Å²) in [6.45, 7) is 3.23. The van der Waals surface area contributed by atoms with Gasteiger partial charge in [-0.05, 0) is 19.3 Å². The van der Waals surface area contributed by atoms with Crippen LogP contribution in [-0.4, -0.2) is 16.6 Å². The Hall–Kier alpha value is 0.690. The first-order chi connectivity index (χ1) is 7.34. The Bertz CT molecular complexity index is 149. The third kappa shape index (κ3) is 6.10. The molecule has 0 aromatic heterocycles. The molecule has 1 fully saturated rings. The third-order valence-electron chi connectivity index (χ3n) is 3.20. The molecule has 1 aliphatic rings. The van der Waals surface area contributed by atoms with Gasteiger partial charge in [-0.1, -0.05) is 68.0 Å². The quantitative estimate of drug-likeness (QED) is 0.404. The van der Waals surface area contributed by atoms with Crippen LogP contribution >= 0.6 is 22.6 Å². The zero-order chi connectivity index (χ0) is 10.9. The van der Waals surface area contributed by atoms with Gasteiger partial charge in [0, 0.05) is 10.5 Å². The van der Waals surface area contributed by atoms with Gasteiger partial charge in [0.15, 0.2) is 0 Å². The molecule has 15 heavy (non-hydrogen) atoms. The number of ether oxygens (including phenoxy) is 1. The summed E-state index contributed by atoms with van der Waals surface area (Å²) in [5.74, 6) is 0. The predicted octanol–water partition coefficient (Wildman–Crippen LogP) is 4.72. The maximum atomic E-state index is 6.03. The van der Waals surface area contributed by atoms with Crippen LogP contribution in [-0.2, 0) is 4.74 Å². The van der Waals surface area contributed by atoms with Gasteiger partial charge in [-0.3, -0.25) is 0 Å². The molecule has 0 bridgehead atoms. The van der Waals surface area contributed by atoms with Crippen molar-refractivity contribution in [2.45, 2.75) is 74.7 Å². The van der Waals surface area contributed by atoms with Crippen LogP contribution in [0.4, 0.5) is 0 Å². The molecule has 1 aliphatic carbocycles. The molecular weight excluding hydrogens is 299 g/mol. The van der Waals surface area contributed by atoms with Crippen molar-refractivity contribution in [3.05, 3.63) is 0 Å². The molecule has 0 aromatic rings. The summed E-state index contributed by atoms with van der Waals surface area (Å²) in [6, 6.07) is 0. The molecule has 1 nitrogen and oxygen atoms in total. The molecule has 0 saturated heterocycles. The van der Waals surface area contributed by atoms with E-state index in [4.69, 9.17) is 4.74 Å². The fraction of sp³-hybridized carbons (Fsp3) is 1.00. The minimum atomic E-state index is 0.544. The van der Waals surface area contributed by atoms with Crippen molar-refractivity contribution in [1.82, 2.24) is 0 Å². The monoisotopic (exact) mass is 324 g/mol. The highest BCUT2D eigenvalue weighted by Crippen LogP contribution is 2.25. The van der Waals surface area contributed by atoms with Crippen molar-refractivity contribution in [1.29, 1.82) is 0 Å². The maximum Gasteiger partial charge on any atom is 0.0692 e. The van der Waals surface area contributed by atoms with Crippen molar-refractivity contribution < 1.29 is 4.74 Å². The topological polar surface area (TPSA) is 9.23 Å². The molecular formula is C13H25IO. The highest BCUT2D eigenvalue weighted by molar-refractivity contribution is 14.1. The summed E-state index contributed by atoms with van der Waals surface area (Å²) in [7, 11) is 0. The van der Waals surface area contributed by atoms with Crippen molar-refractivity contribution in [3.8, 4) is 0 Å². The summed E-state index contributed by atoms with van der Waals surface area (Å²) < 4.78 is 6.78. The summed E-state index contributed by atoms with van der Waals surface area (Å²) >= 11 is 2.60. The molecule has 1 rings (SSSR count). The molecule has 0 aliphatic heterocycles. The first kappa shape index (κ1) is 13.8. The smallest absolute Gasteiger partial charge is 0.0692 e. The van der Waals surface area contributed by atoms with Crippen LogP contribution < -0.4 is 0 Å². The van der Waals surface area contributed by atoms with Crippen LogP contribution in [0.2, 0.25) is 0 Å². The molecule has 2 heteroatoms. The number of unbranched alkanes of at least 4 members (excludes halogenated alkanes) is 2. The Morgan fingerprint density at radius 1 is 1.07 bits per heavy atom. The van der Waals surface area contributed by atoms with Crippen molar-refractivity contribution in [2.24, 2.45) is 0 Å². The number of halogens is 1. The van der Waals surface area contributed by atoms with E-state index in [0.29, 0.717) is 6.10 Å². The Kier molecular flexibility index (Phi) is 8.07. The average Bonchev–Trinajstić information content (AvgIpc) is 2.22. The second-order valence-electron chi connectivity index (χ2n) is 4.62. The largest absolute Gasteiger partial charge is 0.377 e. The zero-order valence-corrected chi connectivity index (χ0v) is 12.2. The van der Waals surface area contributed by atoms with Gasteiger partial charge in [0.05, 0.1) is 6.10 Å². The summed E-state index contributed by atoms with van der Waals surface area (Å²) in [4.78, 5) is 0. The third-order valence-corrected chi connectivity index (χ3v) is 4.63. The first-order valence-electron chi connectivity index (χ1n) is 6.60. The molecule has 0 aromatic carbocycles. The standard InChI is InChI=1S/C13H25IO/c1-2-3-8-11-15-13-10-7-5-4-6-9-12(13)14/h12-13H,2-11H2,1H3. The van der Waals surface area contributed by atoms with Gasteiger partial charge >= 0.3 is 0 Å². The normalized spacial score (nSPS) is 28.4. The van der Waals surface area contributed by atoms with Gasteiger partial charge < -0.3 is 4.74 Å². The van der Waals surface area contributed by atoms with E-state index in [0.717, 1.165) is 10.5 Å². The lowest BCUT2D eigenvalue weighted by Crippen LogP contribution is -2.26. The van der Waals surface area contributed by atoms with Gasteiger partial charge in [0.25, 0.3) is 0 Å². The van der Waals surface area contributed by atoms with Gasteiger partial charge in [0.2, 0.25) is 0 Å². The second kappa shape index (κ2) is 8.80. The Labute approximate surface area is 108 Å². The van der Waals surface area contributed by atoms with E-state index in [1.54, 1.807) is 0 Å². The van der Waals surface area contributed by atoms with Crippen molar-refractivity contribution in [2.75, 3.05) is 6.61 Å². The van der Waals surface area contributed by atoms with E-state index in [2.05, 4.69) is 29.5 Å². The van der Waals surface area contributed by atoms with E-state index in [1.165, 1.54) is 57.8 Å². The second-order valence-corrected chi connectivity index (χ2v) is 6.22. The van der Waals surface area contributed by atoms with Crippen LogP contribution in [0.1, 0.15) is 64.7 Å². The number of alkyl halides is 1. The molecule has 2 unspecified atom stereocenters. The van der Waals surface area contributed by atoms with Gasteiger partial charge in [-0.25, -0.2) is 0 Å². The maximum absolute atomic E-state index is 6.03. The SMILES string of the molecule is CCCCCOC1CCCCCCC1I. The molecule has 0 amide bonds. The molecule has 0 radical (unpaired) electrons. The fourth-order valence-corrected chi connectivity index (χ4v) is 3.19. The first-order valence-corrected chi connectivity index (χ1v) is 7.85. The fourth-order valence-electron chi connectivity index (χ4n) is 2.18. The van der Waals surface area contributed by atoms with E-state index in [9.17, 15) is 0 Å². The highest BCUT2D eigenvalue weighted by atomic mass is 127. The molecule has 90 valence electrons. The number of hydrogen-bond acceptors (Lipinski definition) is 1.